The summed E-state index contributed by atoms with van der Waals surface area (Å²) < 4.78 is 0. The number of carboxylic acids is 1. The molecule has 0 aromatic carbocycles. The number of nitrogens with one attached hydrogen (secondary N) is 2. The highest BCUT2D eigenvalue weighted by Gasteiger charge is 1.99. The molecule has 0 aromatic rings. The SMILES string of the molecule is CSCCNC(=O)NCCCCCC(=O)O. The summed E-state index contributed by atoms with van der Waals surface area (Å²) in [6, 6.07) is -0.146. The van der Waals surface area contributed by atoms with Crippen LogP contribution in [0.1, 0.15) is 25.7 Å². The number of carbonyl (C=O) groups is 2. The van der Waals surface area contributed by atoms with Crippen molar-refractivity contribution in [2.75, 3.05) is 25.1 Å². The van der Waals surface area contributed by atoms with Crippen molar-refractivity contribution in [2.45, 2.75) is 25.7 Å². The number of aliphatic carboxylic acids is 1. The number of thioether (sulfide) groups is 1. The fourth-order valence-corrected chi connectivity index (χ4v) is 1.42. The molecule has 0 atom stereocenters. The highest BCUT2D eigenvalue weighted by molar-refractivity contribution is 7.98. The third kappa shape index (κ3) is 11.2. The van der Waals surface area contributed by atoms with E-state index in [1.807, 2.05) is 6.26 Å². The number of unbranched alkanes of at least 4 members (excludes halogenated alkanes) is 2. The molecule has 94 valence electrons. The van der Waals surface area contributed by atoms with Gasteiger partial charge in [-0.25, -0.2) is 4.79 Å². The Labute approximate surface area is 100 Å². The van der Waals surface area contributed by atoms with Crippen LogP contribution < -0.4 is 10.6 Å². The molecule has 0 saturated heterocycles. The van der Waals surface area contributed by atoms with E-state index >= 15 is 0 Å². The van der Waals surface area contributed by atoms with Crippen LogP contribution in [0.3, 0.4) is 0 Å². The van der Waals surface area contributed by atoms with Gasteiger partial charge in [0.05, 0.1) is 0 Å². The van der Waals surface area contributed by atoms with Crippen molar-refractivity contribution in [3.05, 3.63) is 0 Å². The minimum Gasteiger partial charge on any atom is -0.481 e. The average molecular weight is 248 g/mol. The van der Waals surface area contributed by atoms with Gasteiger partial charge in [-0.15, -0.1) is 0 Å². The normalized spacial score (nSPS) is 9.81. The van der Waals surface area contributed by atoms with Gasteiger partial charge in [0.2, 0.25) is 0 Å². The molecule has 0 unspecified atom stereocenters. The van der Waals surface area contributed by atoms with Gasteiger partial charge in [-0.2, -0.15) is 11.8 Å². The van der Waals surface area contributed by atoms with Crippen molar-refractivity contribution in [1.82, 2.24) is 10.6 Å². The maximum Gasteiger partial charge on any atom is 0.314 e. The molecular formula is C10H20N2O3S. The van der Waals surface area contributed by atoms with E-state index in [2.05, 4.69) is 10.6 Å². The number of carbonyl (C=O) groups excluding carboxylic acids is 1. The first-order chi connectivity index (χ1) is 7.66. The molecule has 0 saturated carbocycles. The molecule has 0 radical (unpaired) electrons. The molecule has 0 fully saturated rings. The van der Waals surface area contributed by atoms with E-state index in [9.17, 15) is 9.59 Å². The Morgan fingerprint density at radius 3 is 2.44 bits per heavy atom. The van der Waals surface area contributed by atoms with Crippen molar-refractivity contribution >= 4 is 23.8 Å². The van der Waals surface area contributed by atoms with Gasteiger partial charge in [0, 0.05) is 25.3 Å². The fraction of sp³-hybridized carbons (Fsp3) is 0.800. The number of amides is 2. The molecule has 0 aliphatic carbocycles. The molecule has 6 heteroatoms. The molecule has 0 heterocycles. The fourth-order valence-electron chi connectivity index (χ4n) is 1.11. The van der Waals surface area contributed by atoms with Crippen molar-refractivity contribution in [3.8, 4) is 0 Å². The summed E-state index contributed by atoms with van der Waals surface area (Å²) >= 11 is 1.68. The van der Waals surface area contributed by atoms with E-state index in [0.717, 1.165) is 18.6 Å². The predicted molar refractivity (Wildman–Crippen MR) is 65.9 cm³/mol. The Hall–Kier alpha value is -0.910. The molecule has 0 aromatic heterocycles. The Balaban J connectivity index is 3.18. The summed E-state index contributed by atoms with van der Waals surface area (Å²) in [5, 5.41) is 13.8. The number of carboxylic acid groups (broad SMARTS) is 1. The largest absolute Gasteiger partial charge is 0.481 e. The lowest BCUT2D eigenvalue weighted by atomic mass is 10.2. The van der Waals surface area contributed by atoms with Crippen LogP contribution in [-0.2, 0) is 4.79 Å². The highest BCUT2D eigenvalue weighted by Crippen LogP contribution is 1.98. The van der Waals surface area contributed by atoms with Gasteiger partial charge in [0.1, 0.15) is 0 Å². The van der Waals surface area contributed by atoms with Gasteiger partial charge in [0.25, 0.3) is 0 Å². The maximum atomic E-state index is 11.1. The van der Waals surface area contributed by atoms with Gasteiger partial charge >= 0.3 is 12.0 Å². The van der Waals surface area contributed by atoms with E-state index in [1.54, 1.807) is 11.8 Å². The predicted octanol–water partition coefficient (Wildman–Crippen LogP) is 1.29. The Morgan fingerprint density at radius 2 is 1.81 bits per heavy atom. The molecule has 0 aliphatic rings. The monoisotopic (exact) mass is 248 g/mol. The summed E-state index contributed by atoms with van der Waals surface area (Å²) in [6.07, 6.45) is 4.52. The van der Waals surface area contributed by atoms with Crippen LogP contribution in [0.2, 0.25) is 0 Å². The lowest BCUT2D eigenvalue weighted by molar-refractivity contribution is -0.137. The third-order valence-corrected chi connectivity index (χ3v) is 2.56. The molecule has 0 aliphatic heterocycles. The van der Waals surface area contributed by atoms with Crippen LogP contribution in [0, 0.1) is 0 Å². The number of urea groups is 1. The average Bonchev–Trinajstić information content (AvgIpc) is 2.23. The summed E-state index contributed by atoms with van der Waals surface area (Å²) in [5.74, 6) is 0.147. The van der Waals surface area contributed by atoms with E-state index in [1.165, 1.54) is 0 Å². The van der Waals surface area contributed by atoms with E-state index in [4.69, 9.17) is 5.11 Å². The topological polar surface area (TPSA) is 78.4 Å². The number of hydrogen-bond donors (Lipinski definition) is 3. The van der Waals surface area contributed by atoms with Crippen LogP contribution in [0.4, 0.5) is 4.79 Å². The van der Waals surface area contributed by atoms with Gasteiger partial charge in [-0.3, -0.25) is 4.79 Å². The van der Waals surface area contributed by atoms with E-state index in [-0.39, 0.29) is 12.5 Å². The van der Waals surface area contributed by atoms with Crippen molar-refractivity contribution in [2.24, 2.45) is 0 Å². The first-order valence-corrected chi connectivity index (χ1v) is 6.78. The maximum absolute atomic E-state index is 11.1. The van der Waals surface area contributed by atoms with Gasteiger partial charge in [-0.1, -0.05) is 6.42 Å². The second kappa shape index (κ2) is 10.6. The summed E-state index contributed by atoms with van der Waals surface area (Å²) in [6.45, 7) is 1.27. The molecule has 0 spiro atoms. The van der Waals surface area contributed by atoms with Gasteiger partial charge < -0.3 is 15.7 Å². The number of rotatable bonds is 9. The first kappa shape index (κ1) is 15.1. The van der Waals surface area contributed by atoms with E-state index in [0.29, 0.717) is 19.5 Å². The van der Waals surface area contributed by atoms with Crippen LogP contribution in [0.15, 0.2) is 0 Å². The lowest BCUT2D eigenvalue weighted by Gasteiger charge is -2.06. The highest BCUT2D eigenvalue weighted by atomic mass is 32.2. The van der Waals surface area contributed by atoms with Crippen LogP contribution >= 0.6 is 11.8 Å². The zero-order valence-corrected chi connectivity index (χ0v) is 10.4. The molecule has 3 N–H and O–H groups in total. The van der Waals surface area contributed by atoms with Crippen molar-refractivity contribution in [3.63, 3.8) is 0 Å². The molecule has 5 nitrogen and oxygen atoms in total. The van der Waals surface area contributed by atoms with Crippen molar-refractivity contribution < 1.29 is 14.7 Å². The second-order valence-corrected chi connectivity index (χ2v) is 4.37. The van der Waals surface area contributed by atoms with Crippen LogP contribution in [0.25, 0.3) is 0 Å². The Morgan fingerprint density at radius 1 is 1.12 bits per heavy atom. The second-order valence-electron chi connectivity index (χ2n) is 3.38. The Kier molecular flexibility index (Phi) is 10.00. The van der Waals surface area contributed by atoms with Crippen molar-refractivity contribution in [1.29, 1.82) is 0 Å². The minimum atomic E-state index is -0.761. The standard InChI is InChI=1S/C10H20N2O3S/c1-16-8-7-12-10(15)11-6-4-2-3-5-9(13)14/h2-8H2,1H3,(H,13,14)(H2,11,12,15). The summed E-state index contributed by atoms with van der Waals surface area (Å²) in [5.41, 5.74) is 0. The lowest BCUT2D eigenvalue weighted by Crippen LogP contribution is -2.37. The van der Waals surface area contributed by atoms with Gasteiger partial charge in [0.15, 0.2) is 0 Å². The summed E-state index contributed by atoms with van der Waals surface area (Å²) in [4.78, 5) is 21.3. The minimum absolute atomic E-state index is 0.146. The molecule has 2 amide bonds. The molecule has 16 heavy (non-hydrogen) atoms. The molecule has 0 rings (SSSR count). The zero-order valence-electron chi connectivity index (χ0n) is 9.62. The zero-order chi connectivity index (χ0) is 12.2. The quantitative estimate of drug-likeness (QED) is 0.537. The summed E-state index contributed by atoms with van der Waals surface area (Å²) in [7, 11) is 0. The smallest absolute Gasteiger partial charge is 0.314 e. The van der Waals surface area contributed by atoms with E-state index < -0.39 is 5.97 Å². The number of hydrogen-bond acceptors (Lipinski definition) is 3. The van der Waals surface area contributed by atoms with Gasteiger partial charge in [-0.05, 0) is 19.1 Å². The molecular weight excluding hydrogens is 228 g/mol. The Bertz CT molecular complexity index is 212. The first-order valence-electron chi connectivity index (χ1n) is 5.39. The molecule has 0 bridgehead atoms. The van der Waals surface area contributed by atoms with Crippen LogP contribution in [0.5, 0.6) is 0 Å². The third-order valence-electron chi connectivity index (χ3n) is 1.94. The van der Waals surface area contributed by atoms with Crippen LogP contribution in [-0.4, -0.2) is 42.2 Å².